The van der Waals surface area contributed by atoms with Crippen LogP contribution in [0.1, 0.15) is 0 Å². The van der Waals surface area contributed by atoms with Gasteiger partial charge in [-0.25, -0.2) is 8.42 Å². The molecule has 0 bridgehead atoms. The van der Waals surface area contributed by atoms with Crippen molar-refractivity contribution in [1.82, 2.24) is 0 Å². The number of hydrogen-bond donors (Lipinski definition) is 0. The summed E-state index contributed by atoms with van der Waals surface area (Å²) in [6, 6.07) is 14.6. The number of anilines is 1. The molecule has 0 fully saturated rings. The number of nitrogens with zero attached hydrogens (tertiary/aromatic N) is 1. The molecule has 0 radical (unpaired) electrons. The largest absolute Gasteiger partial charge is 0.497 e. The average molecular weight is 331 g/mol. The molecule has 0 aliphatic carbocycles. The maximum Gasteiger partial charge on any atom is 0.251 e. The molecular formula is C17H17NO4S. The Bertz CT molecular complexity index is 783. The van der Waals surface area contributed by atoms with E-state index in [1.165, 1.54) is 19.2 Å². The van der Waals surface area contributed by atoms with E-state index in [4.69, 9.17) is 4.74 Å². The first kappa shape index (κ1) is 16.8. The van der Waals surface area contributed by atoms with E-state index >= 15 is 0 Å². The Morgan fingerprint density at radius 2 is 1.74 bits per heavy atom. The molecule has 0 saturated carbocycles. The Labute approximate surface area is 135 Å². The normalized spacial score (nSPS) is 10.8. The molecule has 120 valence electrons. The molecule has 0 aliphatic rings. The van der Waals surface area contributed by atoms with Crippen LogP contribution in [0.3, 0.4) is 0 Å². The maximum atomic E-state index is 12.5. The molecule has 0 unspecified atom stereocenters. The fraction of sp³-hybridized carbons (Fsp3) is 0.118. The second-order valence-corrected chi connectivity index (χ2v) is 6.68. The number of amides is 1. The number of benzene rings is 2. The zero-order valence-electron chi connectivity index (χ0n) is 12.7. The van der Waals surface area contributed by atoms with E-state index < -0.39 is 21.6 Å². The molecule has 5 nitrogen and oxygen atoms in total. The molecule has 0 saturated heterocycles. The fourth-order valence-corrected chi connectivity index (χ4v) is 3.35. The third kappa shape index (κ3) is 3.98. The summed E-state index contributed by atoms with van der Waals surface area (Å²) in [6.45, 7) is 3.43. The van der Waals surface area contributed by atoms with Crippen LogP contribution in [-0.2, 0) is 14.6 Å². The van der Waals surface area contributed by atoms with Gasteiger partial charge in [-0.1, -0.05) is 24.8 Å². The molecule has 0 heterocycles. The zero-order chi connectivity index (χ0) is 16.9. The lowest BCUT2D eigenvalue weighted by atomic mass is 10.3. The molecule has 0 aromatic heterocycles. The van der Waals surface area contributed by atoms with E-state index in [0.717, 1.165) is 11.0 Å². The van der Waals surface area contributed by atoms with E-state index in [-0.39, 0.29) is 4.90 Å². The molecule has 2 rings (SSSR count). The lowest BCUT2D eigenvalue weighted by molar-refractivity contribution is -0.114. The van der Waals surface area contributed by atoms with Crippen LogP contribution in [-0.4, -0.2) is 27.3 Å². The Morgan fingerprint density at radius 3 is 2.26 bits per heavy atom. The Balaban J connectivity index is 2.36. The van der Waals surface area contributed by atoms with Crippen molar-refractivity contribution in [2.24, 2.45) is 0 Å². The van der Waals surface area contributed by atoms with Gasteiger partial charge in [-0.2, -0.15) is 0 Å². The van der Waals surface area contributed by atoms with Crippen molar-refractivity contribution in [3.05, 3.63) is 67.3 Å². The zero-order valence-corrected chi connectivity index (χ0v) is 13.5. The highest BCUT2D eigenvalue weighted by molar-refractivity contribution is 7.91. The summed E-state index contributed by atoms with van der Waals surface area (Å²) in [6.07, 6.45) is 1.09. The topological polar surface area (TPSA) is 63.7 Å². The number of methoxy groups -OCH3 is 1. The van der Waals surface area contributed by atoms with Crippen molar-refractivity contribution in [3.8, 4) is 5.75 Å². The van der Waals surface area contributed by atoms with Gasteiger partial charge >= 0.3 is 0 Å². The van der Waals surface area contributed by atoms with Gasteiger partial charge in [0.05, 0.1) is 12.0 Å². The number of ether oxygens (including phenoxy) is 1. The smallest absolute Gasteiger partial charge is 0.251 e. The predicted molar refractivity (Wildman–Crippen MR) is 89.2 cm³/mol. The van der Waals surface area contributed by atoms with E-state index in [0.29, 0.717) is 11.4 Å². The van der Waals surface area contributed by atoms with Crippen LogP contribution >= 0.6 is 0 Å². The van der Waals surface area contributed by atoms with Gasteiger partial charge in [0, 0.05) is 5.69 Å². The van der Waals surface area contributed by atoms with Crippen LogP contribution in [0.5, 0.6) is 5.75 Å². The first-order chi connectivity index (χ1) is 11.0. The first-order valence-electron chi connectivity index (χ1n) is 6.84. The van der Waals surface area contributed by atoms with Gasteiger partial charge in [-0.05, 0) is 42.5 Å². The van der Waals surface area contributed by atoms with Crippen LogP contribution < -0.4 is 9.64 Å². The van der Waals surface area contributed by atoms with E-state index in [1.807, 2.05) is 0 Å². The minimum Gasteiger partial charge on any atom is -0.497 e. The minimum atomic E-state index is -3.65. The quantitative estimate of drug-likeness (QED) is 0.763. The molecule has 2 aromatic carbocycles. The fourth-order valence-electron chi connectivity index (χ4n) is 2.01. The van der Waals surface area contributed by atoms with Gasteiger partial charge in [-0.3, -0.25) is 9.69 Å². The number of sulfone groups is 1. The molecule has 0 aliphatic heterocycles. The van der Waals surface area contributed by atoms with Crippen LogP contribution in [0.2, 0.25) is 0 Å². The van der Waals surface area contributed by atoms with Gasteiger partial charge in [0.25, 0.3) is 5.91 Å². The van der Waals surface area contributed by atoms with E-state index in [9.17, 15) is 13.2 Å². The van der Waals surface area contributed by atoms with Crippen molar-refractivity contribution < 1.29 is 17.9 Å². The third-order valence-electron chi connectivity index (χ3n) is 3.23. The number of hydrogen-bond acceptors (Lipinski definition) is 4. The first-order valence-corrected chi connectivity index (χ1v) is 8.49. The van der Waals surface area contributed by atoms with E-state index in [1.54, 1.807) is 42.5 Å². The molecule has 0 atom stereocenters. The SMILES string of the molecule is C=CC(=O)N(CS(=O)(=O)c1ccccc1)c1ccc(OC)cc1. The minimum absolute atomic E-state index is 0.162. The monoisotopic (exact) mass is 331 g/mol. The second-order valence-electron chi connectivity index (χ2n) is 4.73. The number of carbonyl (C=O) groups is 1. The van der Waals surface area contributed by atoms with Gasteiger partial charge in [0.2, 0.25) is 0 Å². The third-order valence-corrected chi connectivity index (χ3v) is 4.81. The van der Waals surface area contributed by atoms with Gasteiger partial charge in [-0.15, -0.1) is 0 Å². The Kier molecular flexibility index (Phi) is 5.18. The average Bonchev–Trinajstić information content (AvgIpc) is 2.60. The van der Waals surface area contributed by atoms with Crippen LogP contribution in [0.25, 0.3) is 0 Å². The molecule has 23 heavy (non-hydrogen) atoms. The number of rotatable bonds is 6. The van der Waals surface area contributed by atoms with E-state index in [2.05, 4.69) is 6.58 Å². The maximum absolute atomic E-state index is 12.5. The van der Waals surface area contributed by atoms with Crippen molar-refractivity contribution in [3.63, 3.8) is 0 Å². The van der Waals surface area contributed by atoms with Crippen molar-refractivity contribution >= 4 is 21.4 Å². The summed E-state index contributed by atoms with van der Waals surface area (Å²) in [5.74, 6) is -0.339. The van der Waals surface area contributed by atoms with Gasteiger partial charge < -0.3 is 4.74 Å². The van der Waals surface area contributed by atoms with Crippen LogP contribution in [0.4, 0.5) is 5.69 Å². The molecular weight excluding hydrogens is 314 g/mol. The lowest BCUT2D eigenvalue weighted by Crippen LogP contribution is -2.34. The van der Waals surface area contributed by atoms with Crippen molar-refractivity contribution in [1.29, 1.82) is 0 Å². The highest BCUT2D eigenvalue weighted by atomic mass is 32.2. The summed E-state index contributed by atoms with van der Waals surface area (Å²) in [5, 5.41) is 0. The summed E-state index contributed by atoms with van der Waals surface area (Å²) < 4.78 is 30.1. The lowest BCUT2D eigenvalue weighted by Gasteiger charge is -2.21. The molecule has 1 amide bonds. The summed E-state index contributed by atoms with van der Waals surface area (Å²) >= 11 is 0. The Morgan fingerprint density at radius 1 is 1.13 bits per heavy atom. The highest BCUT2D eigenvalue weighted by Gasteiger charge is 2.23. The molecule has 0 spiro atoms. The van der Waals surface area contributed by atoms with Gasteiger partial charge in [0.15, 0.2) is 9.84 Å². The summed E-state index contributed by atoms with van der Waals surface area (Å²) in [4.78, 5) is 13.4. The number of carbonyl (C=O) groups excluding carboxylic acids is 1. The molecule has 0 N–H and O–H groups in total. The second kappa shape index (κ2) is 7.11. The van der Waals surface area contributed by atoms with Crippen molar-refractivity contribution in [2.75, 3.05) is 17.9 Å². The summed E-state index contributed by atoms with van der Waals surface area (Å²) in [7, 11) is -2.12. The summed E-state index contributed by atoms with van der Waals surface area (Å²) in [5.41, 5.74) is 0.454. The van der Waals surface area contributed by atoms with Crippen LogP contribution in [0.15, 0.2) is 72.1 Å². The van der Waals surface area contributed by atoms with Crippen LogP contribution in [0, 0.1) is 0 Å². The standard InChI is InChI=1S/C17H17NO4S/c1-3-17(19)18(14-9-11-15(22-2)12-10-14)13-23(20,21)16-7-5-4-6-8-16/h3-12H,1,13H2,2H3. The van der Waals surface area contributed by atoms with Gasteiger partial charge in [0.1, 0.15) is 11.6 Å². The predicted octanol–water partition coefficient (Wildman–Crippen LogP) is 2.65. The highest BCUT2D eigenvalue weighted by Crippen LogP contribution is 2.22. The molecule has 2 aromatic rings. The van der Waals surface area contributed by atoms with Crippen molar-refractivity contribution in [2.45, 2.75) is 4.90 Å². The Hall–Kier alpha value is -2.60. The molecule has 6 heteroatoms.